The first-order valence-electron chi connectivity index (χ1n) is 6.44. The number of fused-ring (bicyclic) bond motifs is 1. The maximum Gasteiger partial charge on any atom is 0.163 e. The molecule has 0 saturated heterocycles. The predicted octanol–water partition coefficient (Wildman–Crippen LogP) is 2.75. The summed E-state index contributed by atoms with van der Waals surface area (Å²) in [6.07, 6.45) is 6.75. The van der Waals surface area contributed by atoms with Gasteiger partial charge in [-0.2, -0.15) is 0 Å². The molecule has 0 aliphatic rings. The number of nitrogens with zero attached hydrogens (tertiary/aromatic N) is 4. The molecule has 0 amide bonds. The van der Waals surface area contributed by atoms with E-state index in [1.807, 2.05) is 13.8 Å². The van der Waals surface area contributed by atoms with E-state index in [4.69, 9.17) is 0 Å². The molecule has 0 aliphatic carbocycles. The largest absolute Gasteiger partial charge is 0.345 e. The molecule has 102 valence electrons. The number of hydrogen-bond acceptors (Lipinski definition) is 4. The molecule has 20 heavy (non-hydrogen) atoms. The van der Waals surface area contributed by atoms with Gasteiger partial charge in [0.2, 0.25) is 0 Å². The molecule has 0 aliphatic heterocycles. The van der Waals surface area contributed by atoms with E-state index >= 15 is 0 Å². The van der Waals surface area contributed by atoms with Crippen LogP contribution >= 0.6 is 0 Å². The number of hydrogen-bond donors (Lipinski definition) is 1. The van der Waals surface area contributed by atoms with Gasteiger partial charge in [-0.1, -0.05) is 13.8 Å². The molecule has 3 rings (SSSR count). The van der Waals surface area contributed by atoms with Crippen molar-refractivity contribution >= 4 is 11.0 Å². The Balaban J connectivity index is 2.10. The van der Waals surface area contributed by atoms with Crippen LogP contribution in [-0.4, -0.2) is 24.9 Å². The summed E-state index contributed by atoms with van der Waals surface area (Å²) in [4.78, 5) is 19.6. The molecule has 0 atom stereocenters. The molecular formula is C14H14FN5. The van der Waals surface area contributed by atoms with E-state index in [0.29, 0.717) is 29.5 Å². The van der Waals surface area contributed by atoms with Crippen molar-refractivity contribution in [3.05, 3.63) is 36.4 Å². The van der Waals surface area contributed by atoms with E-state index in [1.165, 1.54) is 12.5 Å². The van der Waals surface area contributed by atoms with Crippen LogP contribution in [0.4, 0.5) is 4.39 Å². The van der Waals surface area contributed by atoms with Gasteiger partial charge in [0, 0.05) is 23.3 Å². The van der Waals surface area contributed by atoms with Crippen molar-refractivity contribution in [3.63, 3.8) is 0 Å². The lowest BCUT2D eigenvalue weighted by Gasteiger charge is -2.06. The Hall–Kier alpha value is -2.37. The summed E-state index contributed by atoms with van der Waals surface area (Å²) in [5.74, 6) is 0.459. The van der Waals surface area contributed by atoms with E-state index in [2.05, 4.69) is 24.9 Å². The van der Waals surface area contributed by atoms with Gasteiger partial charge in [-0.05, 0) is 12.3 Å². The quantitative estimate of drug-likeness (QED) is 0.795. The number of rotatable bonds is 3. The highest BCUT2D eigenvalue weighted by Gasteiger charge is 2.13. The van der Waals surface area contributed by atoms with Gasteiger partial charge in [0.1, 0.15) is 12.0 Å². The summed E-state index contributed by atoms with van der Waals surface area (Å²) in [5.41, 5.74) is 1.94. The topological polar surface area (TPSA) is 67.3 Å². The molecule has 0 spiro atoms. The normalized spacial score (nSPS) is 11.4. The van der Waals surface area contributed by atoms with Gasteiger partial charge < -0.3 is 4.98 Å². The molecular weight excluding hydrogens is 257 g/mol. The maximum atomic E-state index is 13.7. The summed E-state index contributed by atoms with van der Waals surface area (Å²) < 4.78 is 13.7. The maximum absolute atomic E-state index is 13.7. The monoisotopic (exact) mass is 271 g/mol. The highest BCUT2D eigenvalue weighted by atomic mass is 19.1. The van der Waals surface area contributed by atoms with E-state index < -0.39 is 0 Å². The standard InChI is InChI=1S/C14H14FN5/c1-8(2)3-12-11(15)6-18-14(20-12)10-5-17-13-9(10)4-16-7-19-13/h4-8H,3H2,1-2H3,(H,16,17,19). The van der Waals surface area contributed by atoms with Gasteiger partial charge in [-0.3, -0.25) is 0 Å². The van der Waals surface area contributed by atoms with Gasteiger partial charge in [0.05, 0.1) is 11.9 Å². The Kier molecular flexibility index (Phi) is 3.14. The molecule has 6 heteroatoms. The third kappa shape index (κ3) is 2.24. The highest BCUT2D eigenvalue weighted by molar-refractivity contribution is 5.90. The zero-order valence-electron chi connectivity index (χ0n) is 11.3. The summed E-state index contributed by atoms with van der Waals surface area (Å²) in [7, 11) is 0. The van der Waals surface area contributed by atoms with E-state index in [-0.39, 0.29) is 5.82 Å². The Labute approximate surface area is 115 Å². The van der Waals surface area contributed by atoms with Crippen LogP contribution in [0, 0.1) is 11.7 Å². The van der Waals surface area contributed by atoms with Crippen LogP contribution in [0.3, 0.4) is 0 Å². The van der Waals surface area contributed by atoms with Crippen molar-refractivity contribution in [3.8, 4) is 11.4 Å². The minimum atomic E-state index is -0.362. The van der Waals surface area contributed by atoms with Crippen LogP contribution in [-0.2, 0) is 6.42 Å². The zero-order chi connectivity index (χ0) is 14.1. The second kappa shape index (κ2) is 4.96. The molecule has 0 radical (unpaired) electrons. The number of aromatic nitrogens is 5. The second-order valence-electron chi connectivity index (χ2n) is 5.07. The average Bonchev–Trinajstić information content (AvgIpc) is 2.85. The Morgan fingerprint density at radius 1 is 1.25 bits per heavy atom. The lowest BCUT2D eigenvalue weighted by Crippen LogP contribution is -2.03. The number of nitrogens with one attached hydrogen (secondary N) is 1. The van der Waals surface area contributed by atoms with E-state index in [9.17, 15) is 4.39 Å². The van der Waals surface area contributed by atoms with Crippen molar-refractivity contribution in [2.75, 3.05) is 0 Å². The first kappa shape index (κ1) is 12.7. The molecule has 0 aromatic carbocycles. The smallest absolute Gasteiger partial charge is 0.163 e. The fourth-order valence-electron chi connectivity index (χ4n) is 2.11. The zero-order valence-corrected chi connectivity index (χ0v) is 11.3. The Morgan fingerprint density at radius 3 is 2.90 bits per heavy atom. The van der Waals surface area contributed by atoms with Gasteiger partial charge in [-0.15, -0.1) is 0 Å². The van der Waals surface area contributed by atoms with Crippen LogP contribution in [0.5, 0.6) is 0 Å². The minimum Gasteiger partial charge on any atom is -0.345 e. The van der Waals surface area contributed by atoms with E-state index in [1.54, 1.807) is 12.4 Å². The van der Waals surface area contributed by atoms with Crippen molar-refractivity contribution in [1.82, 2.24) is 24.9 Å². The van der Waals surface area contributed by atoms with Crippen LogP contribution in [0.25, 0.3) is 22.4 Å². The van der Waals surface area contributed by atoms with Crippen molar-refractivity contribution in [1.29, 1.82) is 0 Å². The van der Waals surface area contributed by atoms with Gasteiger partial charge in [0.25, 0.3) is 0 Å². The Bertz CT molecular complexity index is 750. The van der Waals surface area contributed by atoms with E-state index in [0.717, 1.165) is 10.9 Å². The van der Waals surface area contributed by atoms with Crippen LogP contribution in [0.15, 0.2) is 24.9 Å². The fraction of sp³-hybridized carbons (Fsp3) is 0.286. The molecule has 3 aromatic rings. The molecule has 0 saturated carbocycles. The fourth-order valence-corrected chi connectivity index (χ4v) is 2.11. The van der Waals surface area contributed by atoms with Crippen LogP contribution < -0.4 is 0 Å². The summed E-state index contributed by atoms with van der Waals surface area (Å²) in [6, 6.07) is 0. The third-order valence-electron chi connectivity index (χ3n) is 3.01. The number of halogens is 1. The predicted molar refractivity (Wildman–Crippen MR) is 73.4 cm³/mol. The number of aromatic amines is 1. The van der Waals surface area contributed by atoms with Crippen molar-refractivity contribution < 1.29 is 4.39 Å². The van der Waals surface area contributed by atoms with Gasteiger partial charge in [0.15, 0.2) is 11.6 Å². The first-order valence-corrected chi connectivity index (χ1v) is 6.44. The van der Waals surface area contributed by atoms with Crippen molar-refractivity contribution in [2.24, 2.45) is 5.92 Å². The lowest BCUT2D eigenvalue weighted by molar-refractivity contribution is 0.554. The average molecular weight is 271 g/mol. The first-order chi connectivity index (χ1) is 9.65. The minimum absolute atomic E-state index is 0.332. The molecule has 0 fully saturated rings. The SMILES string of the molecule is CC(C)Cc1nc(-c2c[nH]c3ncncc23)ncc1F. The molecule has 3 heterocycles. The van der Waals surface area contributed by atoms with Crippen LogP contribution in [0.1, 0.15) is 19.5 Å². The third-order valence-corrected chi connectivity index (χ3v) is 3.01. The highest BCUT2D eigenvalue weighted by Crippen LogP contribution is 2.24. The lowest BCUT2D eigenvalue weighted by atomic mass is 10.1. The van der Waals surface area contributed by atoms with Crippen LogP contribution in [0.2, 0.25) is 0 Å². The van der Waals surface area contributed by atoms with Gasteiger partial charge >= 0.3 is 0 Å². The Morgan fingerprint density at radius 2 is 2.10 bits per heavy atom. The molecule has 0 unspecified atom stereocenters. The molecule has 3 aromatic heterocycles. The number of H-pyrrole nitrogens is 1. The molecule has 1 N–H and O–H groups in total. The summed E-state index contributed by atoms with van der Waals surface area (Å²) >= 11 is 0. The molecule has 5 nitrogen and oxygen atoms in total. The summed E-state index contributed by atoms with van der Waals surface area (Å²) in [6.45, 7) is 4.06. The van der Waals surface area contributed by atoms with Gasteiger partial charge in [-0.25, -0.2) is 24.3 Å². The van der Waals surface area contributed by atoms with Crippen molar-refractivity contribution in [2.45, 2.75) is 20.3 Å². The second-order valence-corrected chi connectivity index (χ2v) is 5.07. The molecule has 0 bridgehead atoms. The summed E-state index contributed by atoms with van der Waals surface area (Å²) in [5, 5.41) is 0.828.